The Hall–Kier alpha value is -0.770. The number of hydrogen-bond acceptors (Lipinski definition) is 3. The number of halogens is 1. The number of hydrogen-bond donors (Lipinski definition) is 1. The number of nitrogens with zero attached hydrogens (tertiary/aromatic N) is 1. The summed E-state index contributed by atoms with van der Waals surface area (Å²) in [6, 6.07) is 6.72. The zero-order valence-corrected chi connectivity index (χ0v) is 13.2. The van der Waals surface area contributed by atoms with Crippen LogP contribution in [-0.4, -0.2) is 37.2 Å². The second-order valence-electron chi connectivity index (χ2n) is 5.25. The van der Waals surface area contributed by atoms with Gasteiger partial charge in [0.2, 0.25) is 0 Å². The van der Waals surface area contributed by atoms with E-state index in [0.29, 0.717) is 17.7 Å². The highest BCUT2D eigenvalue weighted by molar-refractivity contribution is 6.32. The van der Waals surface area contributed by atoms with Crippen LogP contribution in [0.25, 0.3) is 0 Å². The molecule has 4 heteroatoms. The van der Waals surface area contributed by atoms with Crippen molar-refractivity contribution >= 4 is 11.6 Å². The molecule has 20 heavy (non-hydrogen) atoms. The van der Waals surface area contributed by atoms with Gasteiger partial charge >= 0.3 is 0 Å². The highest BCUT2D eigenvalue weighted by Crippen LogP contribution is 2.25. The maximum Gasteiger partial charge on any atom is 0.137 e. The van der Waals surface area contributed by atoms with Gasteiger partial charge in [0.1, 0.15) is 5.75 Å². The van der Waals surface area contributed by atoms with Crippen molar-refractivity contribution in [3.05, 3.63) is 28.8 Å². The molecule has 1 aliphatic rings. The van der Waals surface area contributed by atoms with Gasteiger partial charge in [0.15, 0.2) is 0 Å². The molecule has 0 amide bonds. The lowest BCUT2D eigenvalue weighted by atomic mass is 10.2. The van der Waals surface area contributed by atoms with Crippen LogP contribution in [0.1, 0.15) is 32.3 Å². The van der Waals surface area contributed by atoms with Gasteiger partial charge in [-0.25, -0.2) is 0 Å². The summed E-state index contributed by atoms with van der Waals surface area (Å²) in [6.45, 7) is 9.17. The maximum absolute atomic E-state index is 6.20. The Labute approximate surface area is 127 Å². The van der Waals surface area contributed by atoms with Crippen LogP contribution in [0, 0.1) is 0 Å². The monoisotopic (exact) mass is 296 g/mol. The van der Waals surface area contributed by atoms with Gasteiger partial charge < -0.3 is 10.1 Å². The Kier molecular flexibility index (Phi) is 6.14. The lowest BCUT2D eigenvalue weighted by Gasteiger charge is -2.23. The molecular weight excluding hydrogens is 272 g/mol. The van der Waals surface area contributed by atoms with E-state index < -0.39 is 0 Å². The molecule has 1 aromatic carbocycles. The smallest absolute Gasteiger partial charge is 0.137 e. The van der Waals surface area contributed by atoms with Crippen molar-refractivity contribution in [3.63, 3.8) is 0 Å². The highest BCUT2D eigenvalue weighted by atomic mass is 35.5. The molecule has 2 rings (SSSR count). The van der Waals surface area contributed by atoms with Crippen molar-refractivity contribution in [1.29, 1.82) is 0 Å². The Morgan fingerprint density at radius 3 is 2.95 bits per heavy atom. The molecule has 1 atom stereocenters. The molecular formula is C16H25ClN2O. The molecule has 0 spiro atoms. The minimum atomic E-state index is 0.645. The van der Waals surface area contributed by atoms with Gasteiger partial charge in [-0.15, -0.1) is 0 Å². The van der Waals surface area contributed by atoms with Crippen molar-refractivity contribution in [3.8, 4) is 5.75 Å². The van der Waals surface area contributed by atoms with Gasteiger partial charge in [0, 0.05) is 19.1 Å². The van der Waals surface area contributed by atoms with Crippen LogP contribution in [0.4, 0.5) is 0 Å². The van der Waals surface area contributed by atoms with Crippen LogP contribution >= 0.6 is 11.6 Å². The standard InChI is InChI=1S/C16H25ClN2O/c1-3-19-9-5-6-14(19)12-18-11-13-7-8-16(20-4-2)15(17)10-13/h7-8,10,14,18H,3-6,9,11-12H2,1-2H3/t14-/m1/s1. The Bertz CT molecular complexity index is 425. The van der Waals surface area contributed by atoms with Crippen LogP contribution in [-0.2, 0) is 6.54 Å². The van der Waals surface area contributed by atoms with Crippen LogP contribution in [0.5, 0.6) is 5.75 Å². The molecule has 3 nitrogen and oxygen atoms in total. The van der Waals surface area contributed by atoms with Gasteiger partial charge in [0.25, 0.3) is 0 Å². The minimum Gasteiger partial charge on any atom is -0.492 e. The Morgan fingerprint density at radius 1 is 1.40 bits per heavy atom. The predicted octanol–water partition coefficient (Wildman–Crippen LogP) is 3.31. The largest absolute Gasteiger partial charge is 0.492 e. The molecule has 1 aromatic rings. The SMILES string of the molecule is CCOc1ccc(CNC[C@H]2CCCN2CC)cc1Cl. The first-order valence-electron chi connectivity index (χ1n) is 7.60. The van der Waals surface area contributed by atoms with Crippen molar-refractivity contribution in [1.82, 2.24) is 10.2 Å². The van der Waals surface area contributed by atoms with Crippen LogP contribution in [0.3, 0.4) is 0 Å². The molecule has 112 valence electrons. The molecule has 0 aliphatic carbocycles. The maximum atomic E-state index is 6.20. The third-order valence-electron chi connectivity index (χ3n) is 3.91. The summed E-state index contributed by atoms with van der Waals surface area (Å²) in [5, 5.41) is 4.24. The molecule has 1 heterocycles. The first-order chi connectivity index (χ1) is 9.74. The average Bonchev–Trinajstić information content (AvgIpc) is 2.89. The third-order valence-corrected chi connectivity index (χ3v) is 4.21. The number of ether oxygens (including phenoxy) is 1. The summed E-state index contributed by atoms with van der Waals surface area (Å²) in [5.41, 5.74) is 1.21. The quantitative estimate of drug-likeness (QED) is 0.835. The normalized spacial score (nSPS) is 19.4. The van der Waals surface area contributed by atoms with Gasteiger partial charge in [-0.3, -0.25) is 4.90 Å². The topological polar surface area (TPSA) is 24.5 Å². The van der Waals surface area contributed by atoms with Gasteiger partial charge in [-0.1, -0.05) is 24.6 Å². The van der Waals surface area contributed by atoms with E-state index in [-0.39, 0.29) is 0 Å². The van der Waals surface area contributed by atoms with Gasteiger partial charge in [-0.2, -0.15) is 0 Å². The number of likely N-dealkylation sites (tertiary alicyclic amines) is 1. The van der Waals surface area contributed by atoms with E-state index in [1.54, 1.807) is 0 Å². The highest BCUT2D eigenvalue weighted by Gasteiger charge is 2.21. The fraction of sp³-hybridized carbons (Fsp3) is 0.625. The summed E-state index contributed by atoms with van der Waals surface area (Å²) in [7, 11) is 0. The molecule has 0 unspecified atom stereocenters. The first kappa shape index (κ1) is 15.6. The van der Waals surface area contributed by atoms with E-state index in [4.69, 9.17) is 16.3 Å². The van der Waals surface area contributed by atoms with Crippen molar-refractivity contribution in [2.75, 3.05) is 26.2 Å². The van der Waals surface area contributed by atoms with E-state index in [9.17, 15) is 0 Å². The predicted molar refractivity (Wildman–Crippen MR) is 84.6 cm³/mol. The summed E-state index contributed by atoms with van der Waals surface area (Å²) in [4.78, 5) is 2.55. The van der Waals surface area contributed by atoms with E-state index in [1.807, 2.05) is 19.1 Å². The molecule has 0 bridgehead atoms. The summed E-state index contributed by atoms with van der Waals surface area (Å²) in [5.74, 6) is 0.769. The molecule has 1 N–H and O–H groups in total. The molecule has 1 fully saturated rings. The number of rotatable bonds is 7. The van der Waals surface area contributed by atoms with Gasteiger partial charge in [-0.05, 0) is 50.6 Å². The van der Waals surface area contributed by atoms with Crippen molar-refractivity contribution in [2.45, 2.75) is 39.3 Å². The lowest BCUT2D eigenvalue weighted by Crippen LogP contribution is -2.37. The van der Waals surface area contributed by atoms with E-state index in [0.717, 1.165) is 25.4 Å². The van der Waals surface area contributed by atoms with Gasteiger partial charge in [0.05, 0.1) is 11.6 Å². The van der Waals surface area contributed by atoms with E-state index in [1.165, 1.54) is 24.9 Å². The Morgan fingerprint density at radius 2 is 2.25 bits per heavy atom. The lowest BCUT2D eigenvalue weighted by molar-refractivity contribution is 0.260. The molecule has 0 saturated carbocycles. The summed E-state index contributed by atoms with van der Waals surface area (Å²) < 4.78 is 5.45. The van der Waals surface area contributed by atoms with Crippen molar-refractivity contribution < 1.29 is 4.74 Å². The zero-order chi connectivity index (χ0) is 14.4. The summed E-state index contributed by atoms with van der Waals surface area (Å²) >= 11 is 6.20. The summed E-state index contributed by atoms with van der Waals surface area (Å²) in [6.07, 6.45) is 2.64. The van der Waals surface area contributed by atoms with Crippen LogP contribution in [0.2, 0.25) is 5.02 Å². The fourth-order valence-corrected chi connectivity index (χ4v) is 3.11. The first-order valence-corrected chi connectivity index (χ1v) is 7.98. The molecule has 1 aliphatic heterocycles. The number of likely N-dealkylation sites (N-methyl/N-ethyl adjacent to an activating group) is 1. The van der Waals surface area contributed by atoms with Crippen LogP contribution in [0.15, 0.2) is 18.2 Å². The number of benzene rings is 1. The number of nitrogens with one attached hydrogen (secondary N) is 1. The zero-order valence-electron chi connectivity index (χ0n) is 12.5. The Balaban J connectivity index is 1.80. The molecule has 1 saturated heterocycles. The molecule has 0 radical (unpaired) electrons. The van der Waals surface area contributed by atoms with E-state index in [2.05, 4.69) is 23.2 Å². The van der Waals surface area contributed by atoms with Crippen molar-refractivity contribution in [2.24, 2.45) is 0 Å². The minimum absolute atomic E-state index is 0.645. The third kappa shape index (κ3) is 4.11. The molecule has 0 aromatic heterocycles. The van der Waals surface area contributed by atoms with Crippen LogP contribution < -0.4 is 10.1 Å². The second-order valence-corrected chi connectivity index (χ2v) is 5.66. The van der Waals surface area contributed by atoms with E-state index >= 15 is 0 Å². The fourth-order valence-electron chi connectivity index (χ4n) is 2.85. The second kappa shape index (κ2) is 7.87. The average molecular weight is 297 g/mol.